The van der Waals surface area contributed by atoms with Crippen LogP contribution >= 0.6 is 11.6 Å². The van der Waals surface area contributed by atoms with Crippen molar-refractivity contribution in [1.82, 2.24) is 0 Å². The second-order valence-corrected chi connectivity index (χ2v) is 7.36. The predicted molar refractivity (Wildman–Crippen MR) is 85.8 cm³/mol. The molecule has 3 rings (SSSR count). The van der Waals surface area contributed by atoms with Gasteiger partial charge in [0.15, 0.2) is 0 Å². The van der Waals surface area contributed by atoms with E-state index in [1.807, 2.05) is 24.3 Å². The Morgan fingerprint density at radius 3 is 2.71 bits per heavy atom. The van der Waals surface area contributed by atoms with Crippen molar-refractivity contribution in [2.45, 2.75) is 45.4 Å². The Balaban J connectivity index is 1.97. The van der Waals surface area contributed by atoms with E-state index in [9.17, 15) is 4.79 Å². The monoisotopic (exact) mass is 304 g/mol. The lowest BCUT2D eigenvalue weighted by molar-refractivity contribution is -0.128. The van der Waals surface area contributed by atoms with E-state index in [0.717, 1.165) is 29.6 Å². The van der Waals surface area contributed by atoms with Crippen LogP contribution < -0.4 is 0 Å². The van der Waals surface area contributed by atoms with Crippen molar-refractivity contribution in [3.05, 3.63) is 35.0 Å². The lowest BCUT2D eigenvalue weighted by Gasteiger charge is -2.36. The fourth-order valence-corrected chi connectivity index (χ4v) is 3.65. The highest BCUT2D eigenvalue weighted by atomic mass is 35.5. The third-order valence-electron chi connectivity index (χ3n) is 4.87. The number of rotatable bonds is 2. The quantitative estimate of drug-likeness (QED) is 0.746. The van der Waals surface area contributed by atoms with Gasteiger partial charge in [-0.3, -0.25) is 4.79 Å². The number of halogens is 1. The molecule has 1 aliphatic carbocycles. The van der Waals surface area contributed by atoms with Crippen LogP contribution in [-0.4, -0.2) is 5.78 Å². The molecule has 1 fully saturated rings. The topological polar surface area (TPSA) is 30.2 Å². The second kappa shape index (κ2) is 5.17. The molecule has 0 aliphatic heterocycles. The molecular weight excluding hydrogens is 284 g/mol. The molecule has 0 radical (unpaired) electrons. The minimum Gasteiger partial charge on any atom is -0.460 e. The molecule has 2 atom stereocenters. The summed E-state index contributed by atoms with van der Waals surface area (Å²) in [6.45, 7) is 6.39. The van der Waals surface area contributed by atoms with E-state index in [1.54, 1.807) is 0 Å². The first kappa shape index (κ1) is 14.6. The number of carbonyl (C=O) groups excluding carboxylic acids is 1. The molecule has 1 saturated carbocycles. The van der Waals surface area contributed by atoms with E-state index in [1.165, 1.54) is 0 Å². The maximum Gasteiger partial charge on any atom is 0.137 e. The third-order valence-corrected chi connectivity index (χ3v) is 5.11. The van der Waals surface area contributed by atoms with Crippen molar-refractivity contribution in [3.63, 3.8) is 0 Å². The Morgan fingerprint density at radius 2 is 2.00 bits per heavy atom. The molecule has 2 aromatic rings. The summed E-state index contributed by atoms with van der Waals surface area (Å²) in [5.74, 6) is 1.81. The first-order valence-electron chi connectivity index (χ1n) is 7.60. The van der Waals surface area contributed by atoms with Crippen LogP contribution in [0.1, 0.15) is 45.8 Å². The summed E-state index contributed by atoms with van der Waals surface area (Å²) in [4.78, 5) is 12.4. The molecule has 112 valence electrons. The van der Waals surface area contributed by atoms with Crippen molar-refractivity contribution >= 4 is 28.4 Å². The number of furan rings is 1. The number of fused-ring (bicyclic) bond motifs is 1. The van der Waals surface area contributed by atoms with Gasteiger partial charge in [0.2, 0.25) is 0 Å². The number of hydrogen-bond donors (Lipinski definition) is 0. The molecule has 2 unspecified atom stereocenters. The van der Waals surface area contributed by atoms with Gasteiger partial charge in [-0.25, -0.2) is 0 Å². The largest absolute Gasteiger partial charge is 0.460 e. The molecule has 21 heavy (non-hydrogen) atoms. The SMILES string of the molecule is CC1CCC(C(C)(C)c2cc3cc(Cl)ccc3o2)C(=O)C1. The number of hydrogen-bond acceptors (Lipinski definition) is 2. The van der Waals surface area contributed by atoms with Gasteiger partial charge in [0, 0.05) is 28.2 Å². The summed E-state index contributed by atoms with van der Waals surface area (Å²) in [7, 11) is 0. The van der Waals surface area contributed by atoms with Crippen LogP contribution in [0.5, 0.6) is 0 Å². The average molecular weight is 305 g/mol. The average Bonchev–Trinajstić information content (AvgIpc) is 2.81. The second-order valence-electron chi connectivity index (χ2n) is 6.92. The fourth-order valence-electron chi connectivity index (χ4n) is 3.47. The number of carbonyl (C=O) groups is 1. The Kier molecular flexibility index (Phi) is 3.61. The smallest absolute Gasteiger partial charge is 0.137 e. The zero-order chi connectivity index (χ0) is 15.2. The molecule has 1 aromatic heterocycles. The molecule has 0 bridgehead atoms. The van der Waals surface area contributed by atoms with Crippen LogP contribution in [0.25, 0.3) is 11.0 Å². The molecule has 0 saturated heterocycles. The minimum absolute atomic E-state index is 0.0461. The Labute approximate surface area is 130 Å². The maximum absolute atomic E-state index is 12.4. The molecule has 3 heteroatoms. The first-order chi connectivity index (χ1) is 9.88. The van der Waals surface area contributed by atoms with Crippen molar-refractivity contribution in [3.8, 4) is 0 Å². The van der Waals surface area contributed by atoms with E-state index in [4.69, 9.17) is 16.0 Å². The van der Waals surface area contributed by atoms with Crippen LogP contribution in [0, 0.1) is 11.8 Å². The summed E-state index contributed by atoms with van der Waals surface area (Å²) < 4.78 is 6.01. The van der Waals surface area contributed by atoms with E-state index in [2.05, 4.69) is 20.8 Å². The van der Waals surface area contributed by atoms with Crippen LogP contribution in [0.15, 0.2) is 28.7 Å². The van der Waals surface area contributed by atoms with Gasteiger partial charge in [-0.05, 0) is 43.0 Å². The van der Waals surface area contributed by atoms with E-state index in [-0.39, 0.29) is 11.3 Å². The van der Waals surface area contributed by atoms with Gasteiger partial charge in [0.25, 0.3) is 0 Å². The normalized spacial score (nSPS) is 23.7. The number of ketones is 1. The molecule has 0 spiro atoms. The van der Waals surface area contributed by atoms with Crippen molar-refractivity contribution < 1.29 is 9.21 Å². The van der Waals surface area contributed by atoms with E-state index < -0.39 is 0 Å². The van der Waals surface area contributed by atoms with E-state index in [0.29, 0.717) is 23.1 Å². The lowest BCUT2D eigenvalue weighted by Crippen LogP contribution is -2.38. The van der Waals surface area contributed by atoms with Crippen molar-refractivity contribution in [2.24, 2.45) is 11.8 Å². The minimum atomic E-state index is -0.275. The number of Topliss-reactive ketones (excluding diaryl/α,β-unsaturated/α-hetero) is 1. The van der Waals surface area contributed by atoms with Crippen molar-refractivity contribution in [2.75, 3.05) is 0 Å². The molecule has 0 amide bonds. The first-order valence-corrected chi connectivity index (χ1v) is 7.98. The van der Waals surface area contributed by atoms with Gasteiger partial charge in [0.1, 0.15) is 17.1 Å². The summed E-state index contributed by atoms with van der Waals surface area (Å²) >= 11 is 6.03. The number of benzene rings is 1. The summed E-state index contributed by atoms with van der Waals surface area (Å²) in [6, 6.07) is 7.66. The van der Waals surface area contributed by atoms with Gasteiger partial charge in [-0.2, -0.15) is 0 Å². The van der Waals surface area contributed by atoms with Gasteiger partial charge in [-0.1, -0.05) is 32.4 Å². The summed E-state index contributed by atoms with van der Waals surface area (Å²) in [5, 5.41) is 1.71. The van der Waals surface area contributed by atoms with Crippen molar-refractivity contribution in [1.29, 1.82) is 0 Å². The molecule has 1 heterocycles. The standard InChI is InChI=1S/C18H21ClO2/c1-11-4-6-14(15(20)8-11)18(2,3)17-10-12-9-13(19)5-7-16(12)21-17/h5,7,9-11,14H,4,6,8H2,1-3H3. The van der Waals surface area contributed by atoms with Crippen LogP contribution in [0.4, 0.5) is 0 Å². The van der Waals surface area contributed by atoms with E-state index >= 15 is 0 Å². The van der Waals surface area contributed by atoms with Gasteiger partial charge in [0.05, 0.1) is 0 Å². The Hall–Kier alpha value is -1.28. The molecule has 1 aromatic carbocycles. The van der Waals surface area contributed by atoms with Gasteiger partial charge < -0.3 is 4.42 Å². The highest BCUT2D eigenvalue weighted by Crippen LogP contribution is 2.42. The molecule has 0 N–H and O–H groups in total. The maximum atomic E-state index is 12.4. The zero-order valence-electron chi connectivity index (χ0n) is 12.8. The Bertz CT molecular complexity index is 684. The Morgan fingerprint density at radius 1 is 1.24 bits per heavy atom. The molecule has 2 nitrogen and oxygen atoms in total. The summed E-state index contributed by atoms with van der Waals surface area (Å²) in [5.41, 5.74) is 0.557. The third kappa shape index (κ3) is 2.62. The van der Waals surface area contributed by atoms with Crippen LogP contribution in [-0.2, 0) is 10.2 Å². The highest BCUT2D eigenvalue weighted by molar-refractivity contribution is 6.31. The lowest BCUT2D eigenvalue weighted by atomic mass is 9.67. The molecule has 1 aliphatic rings. The van der Waals surface area contributed by atoms with Gasteiger partial charge >= 0.3 is 0 Å². The predicted octanol–water partition coefficient (Wildman–Crippen LogP) is 5.37. The van der Waals surface area contributed by atoms with Crippen LogP contribution in [0.3, 0.4) is 0 Å². The molecular formula is C18H21ClO2. The zero-order valence-corrected chi connectivity index (χ0v) is 13.5. The highest BCUT2D eigenvalue weighted by Gasteiger charge is 2.41. The van der Waals surface area contributed by atoms with Crippen LogP contribution in [0.2, 0.25) is 5.02 Å². The fraction of sp³-hybridized carbons (Fsp3) is 0.500. The summed E-state index contributed by atoms with van der Waals surface area (Å²) in [6.07, 6.45) is 2.76. The van der Waals surface area contributed by atoms with Gasteiger partial charge in [-0.15, -0.1) is 0 Å².